The zero-order valence-corrected chi connectivity index (χ0v) is 11.6. The van der Waals surface area contributed by atoms with Crippen LogP contribution in [0.3, 0.4) is 0 Å². The zero-order valence-electron chi connectivity index (χ0n) is 10.0. The number of nitriles is 1. The van der Waals surface area contributed by atoms with E-state index in [4.69, 9.17) is 9.68 Å². The first kappa shape index (κ1) is 12.0. The predicted molar refractivity (Wildman–Crippen MR) is 75.4 cm³/mol. The fraction of sp³-hybridized carbons (Fsp3) is 0.143. The minimum Gasteiger partial charge on any atom is -0.446 e. The largest absolute Gasteiger partial charge is 0.446 e. The molecule has 0 aliphatic carbocycles. The normalized spacial score (nSPS) is 10.7. The van der Waals surface area contributed by atoms with E-state index < -0.39 is 0 Å². The Balaban J connectivity index is 2.19. The summed E-state index contributed by atoms with van der Waals surface area (Å²) in [5.41, 5.74) is 1.92. The fourth-order valence-corrected chi connectivity index (χ4v) is 2.39. The number of furan rings is 1. The SMILES string of the molecule is N#CCCn1c(-c2ccc(Br)o2)nc2ccccc21. The molecule has 0 saturated carbocycles. The van der Waals surface area contributed by atoms with Gasteiger partial charge in [0.25, 0.3) is 0 Å². The van der Waals surface area contributed by atoms with Gasteiger partial charge in [0.05, 0.1) is 23.5 Å². The van der Waals surface area contributed by atoms with E-state index in [2.05, 4.69) is 27.0 Å². The van der Waals surface area contributed by atoms with Gasteiger partial charge >= 0.3 is 0 Å². The van der Waals surface area contributed by atoms with Gasteiger partial charge in [0.1, 0.15) is 0 Å². The summed E-state index contributed by atoms with van der Waals surface area (Å²) in [6.45, 7) is 0.602. The number of imidazole rings is 1. The number of rotatable bonds is 3. The topological polar surface area (TPSA) is 54.8 Å². The molecule has 0 amide bonds. The van der Waals surface area contributed by atoms with Gasteiger partial charge in [-0.05, 0) is 40.2 Å². The highest BCUT2D eigenvalue weighted by atomic mass is 79.9. The highest BCUT2D eigenvalue weighted by molar-refractivity contribution is 9.10. The molecule has 4 nitrogen and oxygen atoms in total. The molecule has 5 heteroatoms. The molecule has 0 aliphatic heterocycles. The maximum Gasteiger partial charge on any atom is 0.177 e. The van der Waals surface area contributed by atoms with E-state index in [1.165, 1.54) is 0 Å². The molecule has 19 heavy (non-hydrogen) atoms. The van der Waals surface area contributed by atoms with Gasteiger partial charge in [-0.1, -0.05) is 12.1 Å². The third kappa shape index (κ3) is 2.15. The number of benzene rings is 1. The summed E-state index contributed by atoms with van der Waals surface area (Å²) in [5.74, 6) is 1.45. The van der Waals surface area contributed by atoms with Crippen molar-refractivity contribution in [3.05, 3.63) is 41.1 Å². The van der Waals surface area contributed by atoms with Crippen LogP contribution in [0.25, 0.3) is 22.6 Å². The smallest absolute Gasteiger partial charge is 0.177 e. The molecule has 2 heterocycles. The molecule has 0 saturated heterocycles. The Morgan fingerprint density at radius 3 is 2.84 bits per heavy atom. The summed E-state index contributed by atoms with van der Waals surface area (Å²) >= 11 is 3.29. The van der Waals surface area contributed by atoms with E-state index in [0.29, 0.717) is 23.4 Å². The number of fused-ring (bicyclic) bond motifs is 1. The van der Waals surface area contributed by atoms with Crippen LogP contribution in [-0.2, 0) is 6.54 Å². The van der Waals surface area contributed by atoms with Crippen LogP contribution in [0.15, 0.2) is 45.5 Å². The van der Waals surface area contributed by atoms with Crippen molar-refractivity contribution in [1.82, 2.24) is 9.55 Å². The maximum atomic E-state index is 8.79. The molecule has 0 spiro atoms. The van der Waals surface area contributed by atoms with E-state index in [-0.39, 0.29) is 0 Å². The molecular formula is C14H10BrN3O. The van der Waals surface area contributed by atoms with E-state index in [1.54, 1.807) is 0 Å². The van der Waals surface area contributed by atoms with Crippen LogP contribution in [-0.4, -0.2) is 9.55 Å². The number of hydrogen-bond donors (Lipinski definition) is 0. The van der Waals surface area contributed by atoms with Crippen molar-refractivity contribution in [2.24, 2.45) is 0 Å². The van der Waals surface area contributed by atoms with Crippen LogP contribution in [0, 0.1) is 11.3 Å². The predicted octanol–water partition coefficient (Wildman–Crippen LogP) is 3.97. The second-order valence-corrected chi connectivity index (χ2v) is 4.87. The van der Waals surface area contributed by atoms with Crippen LogP contribution in [0.4, 0.5) is 0 Å². The Labute approximate surface area is 118 Å². The van der Waals surface area contributed by atoms with Gasteiger partial charge in [0, 0.05) is 6.54 Å². The Bertz CT molecular complexity index is 766. The molecule has 0 unspecified atom stereocenters. The van der Waals surface area contributed by atoms with Crippen molar-refractivity contribution in [2.75, 3.05) is 0 Å². The Hall–Kier alpha value is -2.06. The lowest BCUT2D eigenvalue weighted by Crippen LogP contribution is -1.99. The van der Waals surface area contributed by atoms with Gasteiger partial charge in [-0.3, -0.25) is 0 Å². The lowest BCUT2D eigenvalue weighted by atomic mass is 10.3. The molecule has 2 aromatic heterocycles. The lowest BCUT2D eigenvalue weighted by Gasteiger charge is -2.04. The van der Waals surface area contributed by atoms with Crippen LogP contribution in [0.5, 0.6) is 0 Å². The average Bonchev–Trinajstić information content (AvgIpc) is 3.00. The summed E-state index contributed by atoms with van der Waals surface area (Å²) in [4.78, 5) is 4.59. The molecule has 94 valence electrons. The fourth-order valence-electron chi connectivity index (χ4n) is 2.09. The molecule has 1 aromatic carbocycles. The molecule has 3 rings (SSSR count). The first-order valence-electron chi connectivity index (χ1n) is 5.87. The Morgan fingerprint density at radius 1 is 1.26 bits per heavy atom. The van der Waals surface area contributed by atoms with Gasteiger partial charge < -0.3 is 8.98 Å². The zero-order chi connectivity index (χ0) is 13.2. The highest BCUT2D eigenvalue weighted by Crippen LogP contribution is 2.28. The molecular weight excluding hydrogens is 306 g/mol. The Morgan fingerprint density at radius 2 is 2.11 bits per heavy atom. The summed E-state index contributed by atoms with van der Waals surface area (Å²) < 4.78 is 8.26. The number of para-hydroxylation sites is 2. The molecule has 0 N–H and O–H groups in total. The minimum absolute atomic E-state index is 0.440. The second kappa shape index (κ2) is 4.90. The van der Waals surface area contributed by atoms with Crippen molar-refractivity contribution >= 4 is 27.0 Å². The number of halogens is 1. The third-order valence-electron chi connectivity index (χ3n) is 2.90. The van der Waals surface area contributed by atoms with Gasteiger partial charge in [-0.25, -0.2) is 4.98 Å². The van der Waals surface area contributed by atoms with Gasteiger partial charge in [-0.15, -0.1) is 0 Å². The summed E-state index contributed by atoms with van der Waals surface area (Å²) in [6.07, 6.45) is 0.440. The first-order chi connectivity index (χ1) is 9.29. The third-order valence-corrected chi connectivity index (χ3v) is 3.32. The van der Waals surface area contributed by atoms with Crippen molar-refractivity contribution in [3.8, 4) is 17.7 Å². The van der Waals surface area contributed by atoms with Crippen molar-refractivity contribution in [1.29, 1.82) is 5.26 Å². The number of aryl methyl sites for hydroxylation is 1. The van der Waals surface area contributed by atoms with Crippen LogP contribution in [0.1, 0.15) is 6.42 Å². The highest BCUT2D eigenvalue weighted by Gasteiger charge is 2.14. The number of nitrogens with zero attached hydrogens (tertiary/aromatic N) is 3. The maximum absolute atomic E-state index is 8.79. The summed E-state index contributed by atoms with van der Waals surface area (Å²) in [6, 6.07) is 13.7. The number of hydrogen-bond acceptors (Lipinski definition) is 3. The van der Waals surface area contributed by atoms with Crippen molar-refractivity contribution in [3.63, 3.8) is 0 Å². The van der Waals surface area contributed by atoms with E-state index in [9.17, 15) is 0 Å². The summed E-state index contributed by atoms with van der Waals surface area (Å²) in [5, 5.41) is 8.79. The van der Waals surface area contributed by atoms with Crippen LogP contribution in [0.2, 0.25) is 0 Å². The minimum atomic E-state index is 0.440. The van der Waals surface area contributed by atoms with Crippen molar-refractivity contribution < 1.29 is 4.42 Å². The molecule has 0 radical (unpaired) electrons. The average molecular weight is 316 g/mol. The molecule has 0 aliphatic rings. The van der Waals surface area contributed by atoms with Gasteiger partial charge in [-0.2, -0.15) is 5.26 Å². The van der Waals surface area contributed by atoms with E-state index in [1.807, 2.05) is 41.0 Å². The first-order valence-corrected chi connectivity index (χ1v) is 6.67. The van der Waals surface area contributed by atoms with E-state index >= 15 is 0 Å². The van der Waals surface area contributed by atoms with Crippen LogP contribution < -0.4 is 0 Å². The molecule has 0 bridgehead atoms. The van der Waals surface area contributed by atoms with E-state index in [0.717, 1.165) is 16.9 Å². The monoisotopic (exact) mass is 315 g/mol. The van der Waals surface area contributed by atoms with Gasteiger partial charge in [0.15, 0.2) is 16.3 Å². The Kier molecular flexibility index (Phi) is 3.10. The second-order valence-electron chi connectivity index (χ2n) is 4.09. The molecule has 3 aromatic rings. The standard InChI is InChI=1S/C14H10BrN3O/c15-13-7-6-12(19-13)14-17-10-4-1-2-5-11(10)18(14)9-3-8-16/h1-2,4-7H,3,9H2. The van der Waals surface area contributed by atoms with Gasteiger partial charge in [0.2, 0.25) is 0 Å². The number of aromatic nitrogens is 2. The van der Waals surface area contributed by atoms with Crippen LogP contribution >= 0.6 is 15.9 Å². The molecule has 0 fully saturated rings. The molecule has 0 atom stereocenters. The summed E-state index contributed by atoms with van der Waals surface area (Å²) in [7, 11) is 0. The quantitative estimate of drug-likeness (QED) is 0.734. The lowest BCUT2D eigenvalue weighted by molar-refractivity contribution is 0.546. The van der Waals surface area contributed by atoms with Crippen molar-refractivity contribution in [2.45, 2.75) is 13.0 Å².